The van der Waals surface area contributed by atoms with E-state index < -0.39 is 0 Å². The lowest BCUT2D eigenvalue weighted by molar-refractivity contribution is -0.133. The molecule has 0 N–H and O–H groups in total. The molecule has 1 aromatic heterocycles. The van der Waals surface area contributed by atoms with Crippen molar-refractivity contribution < 1.29 is 4.79 Å². The van der Waals surface area contributed by atoms with Crippen LogP contribution in [0.2, 0.25) is 0 Å². The maximum absolute atomic E-state index is 12.8. The smallest absolute Gasteiger partial charge is 0.329 e. The Kier molecular flexibility index (Phi) is 5.84. The van der Waals surface area contributed by atoms with E-state index in [0.717, 1.165) is 23.9 Å². The van der Waals surface area contributed by atoms with Crippen molar-refractivity contribution in [1.29, 1.82) is 0 Å². The zero-order chi connectivity index (χ0) is 18.7. The van der Waals surface area contributed by atoms with Gasteiger partial charge in [-0.1, -0.05) is 38.8 Å². The fourth-order valence-corrected chi connectivity index (χ4v) is 4.37. The van der Waals surface area contributed by atoms with Crippen molar-refractivity contribution in [2.45, 2.75) is 71.5 Å². The van der Waals surface area contributed by atoms with Crippen molar-refractivity contribution in [2.24, 2.45) is 5.92 Å². The maximum atomic E-state index is 12.8. The van der Waals surface area contributed by atoms with Crippen LogP contribution in [-0.2, 0) is 17.9 Å². The first kappa shape index (κ1) is 18.7. The van der Waals surface area contributed by atoms with Crippen LogP contribution in [0.5, 0.6) is 0 Å². The molecule has 0 saturated heterocycles. The van der Waals surface area contributed by atoms with Gasteiger partial charge in [0.15, 0.2) is 0 Å². The fourth-order valence-electron chi connectivity index (χ4n) is 4.37. The molecule has 0 aliphatic heterocycles. The average Bonchev–Trinajstić information content (AvgIpc) is 2.92. The van der Waals surface area contributed by atoms with E-state index in [2.05, 4.69) is 13.8 Å². The van der Waals surface area contributed by atoms with Crippen LogP contribution in [0, 0.1) is 5.92 Å². The van der Waals surface area contributed by atoms with Gasteiger partial charge in [-0.05, 0) is 37.3 Å². The van der Waals surface area contributed by atoms with Crippen LogP contribution in [0.4, 0.5) is 0 Å². The van der Waals surface area contributed by atoms with Gasteiger partial charge < -0.3 is 4.90 Å². The highest BCUT2D eigenvalue weighted by molar-refractivity contribution is 5.78. The summed E-state index contributed by atoms with van der Waals surface area (Å²) < 4.78 is 3.59. The van der Waals surface area contributed by atoms with Gasteiger partial charge in [0.2, 0.25) is 5.91 Å². The van der Waals surface area contributed by atoms with Crippen molar-refractivity contribution in [3.8, 4) is 0 Å². The van der Waals surface area contributed by atoms with Crippen molar-refractivity contribution in [1.82, 2.24) is 14.0 Å². The van der Waals surface area contributed by atoms with Gasteiger partial charge in [-0.3, -0.25) is 13.9 Å². The standard InChI is InChI=1S/C21H31N3O2/c1-4-14-23-18-11-7-8-12-19(18)24(21(23)26)15-13-20(25)22(3)17-10-6-5-9-16(17)2/h7-8,11-12,16-17H,4-6,9-10,13-15H2,1-3H3. The second kappa shape index (κ2) is 8.11. The molecule has 0 bridgehead atoms. The molecular weight excluding hydrogens is 326 g/mol. The molecule has 26 heavy (non-hydrogen) atoms. The van der Waals surface area contributed by atoms with Crippen LogP contribution in [-0.4, -0.2) is 33.0 Å². The minimum absolute atomic E-state index is 0.00506. The molecule has 1 aromatic carbocycles. The number of amides is 1. The van der Waals surface area contributed by atoms with Crippen LogP contribution in [0.1, 0.15) is 52.4 Å². The first-order chi connectivity index (χ1) is 12.5. The van der Waals surface area contributed by atoms with Gasteiger partial charge in [0.1, 0.15) is 0 Å². The van der Waals surface area contributed by atoms with E-state index in [1.807, 2.05) is 40.8 Å². The molecule has 1 fully saturated rings. The Morgan fingerprint density at radius 3 is 2.35 bits per heavy atom. The number of carbonyl (C=O) groups is 1. The predicted molar refractivity (Wildman–Crippen MR) is 105 cm³/mol. The molecule has 5 nitrogen and oxygen atoms in total. The van der Waals surface area contributed by atoms with Crippen LogP contribution < -0.4 is 5.69 Å². The minimum Gasteiger partial charge on any atom is -0.342 e. The molecular formula is C21H31N3O2. The van der Waals surface area contributed by atoms with Crippen LogP contribution in [0.25, 0.3) is 11.0 Å². The number of carbonyl (C=O) groups excluding carboxylic acids is 1. The lowest BCUT2D eigenvalue weighted by Crippen LogP contribution is -2.43. The van der Waals surface area contributed by atoms with E-state index >= 15 is 0 Å². The third kappa shape index (κ3) is 3.57. The molecule has 1 amide bonds. The van der Waals surface area contributed by atoms with E-state index in [0.29, 0.717) is 31.5 Å². The Balaban J connectivity index is 1.76. The van der Waals surface area contributed by atoms with Gasteiger partial charge in [-0.15, -0.1) is 0 Å². The Bertz CT molecular complexity index is 820. The number of para-hydroxylation sites is 2. The molecule has 1 heterocycles. The molecule has 2 aromatic rings. The Labute approximate surface area is 155 Å². The number of rotatable bonds is 6. The van der Waals surface area contributed by atoms with E-state index in [-0.39, 0.29) is 11.6 Å². The number of nitrogens with zero attached hydrogens (tertiary/aromatic N) is 3. The van der Waals surface area contributed by atoms with Gasteiger partial charge in [0.05, 0.1) is 11.0 Å². The molecule has 5 heteroatoms. The third-order valence-corrected chi connectivity index (χ3v) is 5.88. The van der Waals surface area contributed by atoms with Crippen LogP contribution in [0.3, 0.4) is 0 Å². The summed E-state index contributed by atoms with van der Waals surface area (Å²) in [5, 5.41) is 0. The summed E-state index contributed by atoms with van der Waals surface area (Å²) in [5.41, 5.74) is 1.88. The number of benzene rings is 1. The Hall–Kier alpha value is -2.04. The highest BCUT2D eigenvalue weighted by Gasteiger charge is 2.27. The highest BCUT2D eigenvalue weighted by Crippen LogP contribution is 2.27. The molecule has 2 unspecified atom stereocenters. The SMILES string of the molecule is CCCn1c(=O)n(CCC(=O)N(C)C2CCCCC2C)c2ccccc21. The van der Waals surface area contributed by atoms with Gasteiger partial charge >= 0.3 is 5.69 Å². The van der Waals surface area contributed by atoms with E-state index in [9.17, 15) is 9.59 Å². The first-order valence-corrected chi connectivity index (χ1v) is 9.98. The molecule has 0 spiro atoms. The van der Waals surface area contributed by atoms with E-state index in [4.69, 9.17) is 0 Å². The zero-order valence-electron chi connectivity index (χ0n) is 16.3. The summed E-state index contributed by atoms with van der Waals surface area (Å²) >= 11 is 0. The molecule has 2 atom stereocenters. The van der Waals surface area contributed by atoms with Gasteiger partial charge in [-0.2, -0.15) is 0 Å². The van der Waals surface area contributed by atoms with Gasteiger partial charge in [0, 0.05) is 32.6 Å². The van der Waals surface area contributed by atoms with Gasteiger partial charge in [-0.25, -0.2) is 4.79 Å². The number of hydrogen-bond donors (Lipinski definition) is 0. The van der Waals surface area contributed by atoms with E-state index in [1.54, 1.807) is 4.57 Å². The summed E-state index contributed by atoms with van der Waals surface area (Å²) in [7, 11) is 1.93. The molecule has 1 aliphatic carbocycles. The second-order valence-electron chi connectivity index (χ2n) is 7.66. The third-order valence-electron chi connectivity index (χ3n) is 5.88. The summed E-state index contributed by atoms with van der Waals surface area (Å²) in [6.07, 6.45) is 6.06. The second-order valence-corrected chi connectivity index (χ2v) is 7.66. The summed E-state index contributed by atoms with van der Waals surface area (Å²) in [6.45, 7) is 5.47. The molecule has 0 radical (unpaired) electrons. The monoisotopic (exact) mass is 357 g/mol. The number of aromatic nitrogens is 2. The quantitative estimate of drug-likeness (QED) is 0.792. The minimum atomic E-state index is -0.00506. The summed E-state index contributed by atoms with van der Waals surface area (Å²) in [4.78, 5) is 27.5. The first-order valence-electron chi connectivity index (χ1n) is 9.98. The van der Waals surface area contributed by atoms with Crippen molar-refractivity contribution in [2.75, 3.05) is 7.05 Å². The normalized spacial score (nSPS) is 20.4. The lowest BCUT2D eigenvalue weighted by Gasteiger charge is -2.36. The van der Waals surface area contributed by atoms with Crippen molar-refractivity contribution in [3.05, 3.63) is 34.7 Å². The average molecular weight is 357 g/mol. The highest BCUT2D eigenvalue weighted by atomic mass is 16.2. The lowest BCUT2D eigenvalue weighted by atomic mass is 9.85. The molecule has 1 saturated carbocycles. The summed E-state index contributed by atoms with van der Waals surface area (Å²) in [5.74, 6) is 0.704. The van der Waals surface area contributed by atoms with Crippen molar-refractivity contribution in [3.63, 3.8) is 0 Å². The fraction of sp³-hybridized carbons (Fsp3) is 0.619. The molecule has 142 valence electrons. The zero-order valence-corrected chi connectivity index (χ0v) is 16.3. The molecule has 1 aliphatic rings. The number of fused-ring (bicyclic) bond motifs is 1. The number of aryl methyl sites for hydroxylation is 2. The largest absolute Gasteiger partial charge is 0.342 e. The number of imidazole rings is 1. The Morgan fingerprint density at radius 2 is 1.73 bits per heavy atom. The van der Waals surface area contributed by atoms with Gasteiger partial charge in [0.25, 0.3) is 0 Å². The van der Waals surface area contributed by atoms with E-state index in [1.165, 1.54) is 19.3 Å². The summed E-state index contributed by atoms with van der Waals surface area (Å²) in [6, 6.07) is 8.21. The van der Waals surface area contributed by atoms with Crippen LogP contribution in [0.15, 0.2) is 29.1 Å². The predicted octanol–water partition coefficient (Wildman–Crippen LogP) is 3.64. The number of hydrogen-bond acceptors (Lipinski definition) is 2. The van der Waals surface area contributed by atoms with Crippen molar-refractivity contribution >= 4 is 16.9 Å². The van der Waals surface area contributed by atoms with Crippen LogP contribution >= 0.6 is 0 Å². The Morgan fingerprint density at radius 1 is 1.12 bits per heavy atom. The maximum Gasteiger partial charge on any atom is 0.329 e. The molecule has 3 rings (SSSR count). The topological polar surface area (TPSA) is 47.2 Å².